The first-order chi connectivity index (χ1) is 27.9. The number of hydrogen-bond donors (Lipinski definition) is 5. The third-order valence-corrected chi connectivity index (χ3v) is 11.7. The fourth-order valence-electron chi connectivity index (χ4n) is 6.33. The summed E-state index contributed by atoms with van der Waals surface area (Å²) in [4.78, 5) is 17.3. The summed E-state index contributed by atoms with van der Waals surface area (Å²) >= 11 is 5.94. The first-order valence-electron chi connectivity index (χ1n) is 17.2. The maximum Gasteiger partial charge on any atom is 0.322 e. The number of ether oxygens (including phenoxy) is 1. The van der Waals surface area contributed by atoms with Crippen molar-refractivity contribution in [1.82, 2.24) is 19.9 Å². The van der Waals surface area contributed by atoms with E-state index in [2.05, 4.69) is 25.6 Å². The predicted molar refractivity (Wildman–Crippen MR) is 218 cm³/mol. The minimum Gasteiger partial charge on any atom is -0.467 e. The Labute approximate surface area is 342 Å². The van der Waals surface area contributed by atoms with Crippen LogP contribution in [-0.2, 0) is 36.9 Å². The van der Waals surface area contributed by atoms with Crippen LogP contribution in [0.3, 0.4) is 0 Å². The van der Waals surface area contributed by atoms with Gasteiger partial charge in [0.2, 0.25) is 28.0 Å². The molecule has 0 radical (unpaired) electrons. The van der Waals surface area contributed by atoms with Crippen LogP contribution >= 0.6 is 11.6 Å². The van der Waals surface area contributed by atoms with Crippen LogP contribution in [0.25, 0.3) is 27.8 Å². The Morgan fingerprint density at radius 3 is 2.07 bits per heavy atom. The zero-order valence-corrected chi connectivity index (χ0v) is 33.9. The van der Waals surface area contributed by atoms with Crippen LogP contribution in [0.2, 0.25) is 5.28 Å². The number of para-hydroxylation sites is 1. The normalized spacial score (nSPS) is 12.1. The molecule has 0 bridgehead atoms. The summed E-state index contributed by atoms with van der Waals surface area (Å²) in [5, 5.41) is 5.62. The molecule has 18 nitrogen and oxygen atoms in total. The molecule has 0 saturated heterocycles. The van der Waals surface area contributed by atoms with Gasteiger partial charge in [-0.2, -0.15) is 40.2 Å². The van der Waals surface area contributed by atoms with Gasteiger partial charge in [-0.25, -0.2) is 4.98 Å². The highest BCUT2D eigenvalue weighted by molar-refractivity contribution is 7.86. The van der Waals surface area contributed by atoms with E-state index in [4.69, 9.17) is 21.3 Å². The molecular formula is C37H32ClN8O10S3+. The Bertz CT molecular complexity index is 3140. The molecule has 5 aromatic carbocycles. The number of aromatic nitrogens is 5. The minimum absolute atomic E-state index is 0.0405. The zero-order chi connectivity index (χ0) is 42.3. The van der Waals surface area contributed by atoms with E-state index in [-0.39, 0.29) is 45.7 Å². The average molecular weight is 880 g/mol. The molecule has 0 spiro atoms. The molecule has 7 rings (SSSR count). The third kappa shape index (κ3) is 9.00. The topological polar surface area (TPSA) is 255 Å². The molecule has 0 aliphatic heterocycles. The van der Waals surface area contributed by atoms with E-state index in [0.29, 0.717) is 45.5 Å². The molecule has 0 fully saturated rings. The number of nitrogens with one attached hydrogen (secondary N) is 2. The SMILES string of the molecule is CCN(Cc1cccc(S(=O)(=O)O)c1)c1ccc2nc3ccc(Nc4ccc(Nc5nc(Cl)nc(OC)n5)cc4S(=O)(=O)O)cc3[n+](-c3ccccc3S(=O)(=O)O)c2c1. The van der Waals surface area contributed by atoms with Gasteiger partial charge in [0.05, 0.1) is 17.7 Å². The van der Waals surface area contributed by atoms with Crippen molar-refractivity contribution < 1.29 is 48.2 Å². The smallest absolute Gasteiger partial charge is 0.322 e. The van der Waals surface area contributed by atoms with Gasteiger partial charge in [0, 0.05) is 48.4 Å². The fraction of sp³-hybridized carbons (Fsp3) is 0.108. The van der Waals surface area contributed by atoms with Gasteiger partial charge in [0.25, 0.3) is 20.2 Å². The maximum atomic E-state index is 12.8. The van der Waals surface area contributed by atoms with Crippen molar-refractivity contribution in [3.05, 3.63) is 114 Å². The summed E-state index contributed by atoms with van der Waals surface area (Å²) in [6.45, 7) is 2.56. The standard InChI is InChI=1S/C37H31ClN8O10S3/c1-3-45(21-22-7-6-8-26(17-22)57(47,48)49)25-13-16-28-32(20-25)46(30-9-4-5-10-33(30)58(50,51)52)31-18-23(11-14-27(31)41-28)39-29-15-12-24(19-34(29)59(53,54)55)40-36-42-35(38)43-37(44-36)56-2/h4-20H,3,21H2,1-2H3,(H4,40,41,42,43,44,47,48,49,50,51,52,53,54,55)/p+1. The quantitative estimate of drug-likeness (QED) is 0.0524. The number of rotatable bonds is 13. The first-order valence-corrected chi connectivity index (χ1v) is 21.9. The zero-order valence-electron chi connectivity index (χ0n) is 30.7. The van der Waals surface area contributed by atoms with Crippen LogP contribution in [0.15, 0.2) is 118 Å². The van der Waals surface area contributed by atoms with Gasteiger partial charge in [0.1, 0.15) is 15.9 Å². The highest BCUT2D eigenvalue weighted by Gasteiger charge is 2.29. The van der Waals surface area contributed by atoms with Crippen molar-refractivity contribution in [3.8, 4) is 11.7 Å². The van der Waals surface area contributed by atoms with Crippen LogP contribution in [0.4, 0.5) is 28.7 Å². The Morgan fingerprint density at radius 2 is 1.37 bits per heavy atom. The van der Waals surface area contributed by atoms with Crippen molar-refractivity contribution in [1.29, 1.82) is 0 Å². The second-order valence-electron chi connectivity index (χ2n) is 12.8. The Balaban J connectivity index is 1.36. The lowest BCUT2D eigenvalue weighted by atomic mass is 10.1. The van der Waals surface area contributed by atoms with Gasteiger partial charge >= 0.3 is 16.1 Å². The van der Waals surface area contributed by atoms with Crippen molar-refractivity contribution in [2.75, 3.05) is 29.2 Å². The Hall–Kier alpha value is -6.07. The van der Waals surface area contributed by atoms with E-state index in [1.54, 1.807) is 53.1 Å². The van der Waals surface area contributed by atoms with Gasteiger partial charge in [-0.05, 0) is 84.8 Å². The summed E-state index contributed by atoms with van der Waals surface area (Å²) in [7, 11) is -12.8. The molecule has 2 aromatic heterocycles. The molecule has 0 saturated carbocycles. The fourth-order valence-corrected chi connectivity index (χ4v) is 8.38. The van der Waals surface area contributed by atoms with Gasteiger partial charge in [-0.15, -0.1) is 4.57 Å². The maximum absolute atomic E-state index is 12.8. The van der Waals surface area contributed by atoms with Crippen LogP contribution in [-0.4, -0.2) is 72.5 Å². The van der Waals surface area contributed by atoms with Gasteiger partial charge in [-0.3, -0.25) is 13.7 Å². The molecule has 0 unspecified atom stereocenters. The van der Waals surface area contributed by atoms with Gasteiger partial charge in [-0.1, -0.05) is 24.3 Å². The predicted octanol–water partition coefficient (Wildman–Crippen LogP) is 5.77. The molecule has 59 heavy (non-hydrogen) atoms. The number of fused-ring (bicyclic) bond motifs is 2. The van der Waals surface area contributed by atoms with Gasteiger partial charge in [0.15, 0.2) is 4.90 Å². The van der Waals surface area contributed by atoms with Crippen molar-refractivity contribution in [3.63, 3.8) is 0 Å². The monoisotopic (exact) mass is 879 g/mol. The molecule has 5 N–H and O–H groups in total. The summed E-state index contributed by atoms with van der Waals surface area (Å²) in [6.07, 6.45) is 0. The molecule has 0 aliphatic carbocycles. The lowest BCUT2D eigenvalue weighted by Gasteiger charge is -2.23. The van der Waals surface area contributed by atoms with Crippen molar-refractivity contribution in [2.24, 2.45) is 0 Å². The molecular weight excluding hydrogens is 848 g/mol. The van der Waals surface area contributed by atoms with Crippen molar-refractivity contribution in [2.45, 2.75) is 28.2 Å². The molecule has 0 atom stereocenters. The number of methoxy groups -OCH3 is 1. The molecule has 22 heteroatoms. The molecule has 0 amide bonds. The summed E-state index contributed by atoms with van der Waals surface area (Å²) in [5.41, 5.74) is 3.24. The van der Waals surface area contributed by atoms with Crippen molar-refractivity contribution >= 4 is 92.7 Å². The molecule has 0 aliphatic rings. The second kappa shape index (κ2) is 15.9. The highest BCUT2D eigenvalue weighted by Crippen LogP contribution is 2.32. The van der Waals surface area contributed by atoms with Crippen LogP contribution in [0.1, 0.15) is 12.5 Å². The summed E-state index contributed by atoms with van der Waals surface area (Å²) < 4.78 is 111. The average Bonchev–Trinajstić information content (AvgIpc) is 3.18. The van der Waals surface area contributed by atoms with E-state index in [1.807, 2.05) is 11.8 Å². The van der Waals surface area contributed by atoms with E-state index in [0.717, 1.165) is 6.07 Å². The highest BCUT2D eigenvalue weighted by atomic mass is 35.5. The second-order valence-corrected chi connectivity index (χ2v) is 17.3. The first kappa shape index (κ1) is 41.1. The van der Waals surface area contributed by atoms with Crippen LogP contribution in [0.5, 0.6) is 6.01 Å². The van der Waals surface area contributed by atoms with E-state index < -0.39 is 40.1 Å². The van der Waals surface area contributed by atoms with E-state index in [9.17, 15) is 38.9 Å². The third-order valence-electron chi connectivity index (χ3n) is 8.92. The minimum atomic E-state index is -4.85. The van der Waals surface area contributed by atoms with E-state index >= 15 is 0 Å². The van der Waals surface area contributed by atoms with Crippen LogP contribution < -0.4 is 24.8 Å². The van der Waals surface area contributed by atoms with E-state index in [1.165, 1.54) is 55.6 Å². The number of anilines is 5. The lowest BCUT2D eigenvalue weighted by molar-refractivity contribution is -0.541. The Kier molecular flexibility index (Phi) is 11.1. The summed E-state index contributed by atoms with van der Waals surface area (Å²) in [6, 6.07) is 25.7. The molecule has 7 aromatic rings. The number of hydrogen-bond acceptors (Lipinski definition) is 14. The largest absolute Gasteiger partial charge is 0.467 e. The van der Waals surface area contributed by atoms with Gasteiger partial charge < -0.3 is 20.3 Å². The molecule has 304 valence electrons. The van der Waals surface area contributed by atoms with Crippen LogP contribution in [0, 0.1) is 0 Å². The molecule has 2 heterocycles. The number of benzene rings is 5. The number of nitrogens with zero attached hydrogens (tertiary/aromatic N) is 6. The lowest BCUT2D eigenvalue weighted by Crippen LogP contribution is -2.35. The number of halogens is 1. The summed E-state index contributed by atoms with van der Waals surface area (Å²) in [5.74, 6) is -0.0654. The Morgan fingerprint density at radius 1 is 0.695 bits per heavy atom.